The van der Waals surface area contributed by atoms with Crippen molar-refractivity contribution < 1.29 is 28.2 Å². The molecule has 1 unspecified atom stereocenters. The van der Waals surface area contributed by atoms with Crippen LogP contribution < -0.4 is 15.4 Å². The van der Waals surface area contributed by atoms with Crippen LogP contribution in [0.1, 0.15) is 38.1 Å². The lowest BCUT2D eigenvalue weighted by Crippen LogP contribution is -2.48. The number of rotatable bonds is 12. The molecule has 2 aromatic rings. The predicted molar refractivity (Wildman–Crippen MR) is 126 cm³/mol. The van der Waals surface area contributed by atoms with E-state index in [-0.39, 0.29) is 18.7 Å². The molecule has 2 amide bonds. The molecule has 9 heteroatoms. The number of amides is 2. The van der Waals surface area contributed by atoms with Gasteiger partial charge in [-0.15, -0.1) is 0 Å². The minimum atomic E-state index is -0.663. The first-order valence-corrected chi connectivity index (χ1v) is 11.4. The van der Waals surface area contributed by atoms with E-state index in [1.807, 2.05) is 55.1 Å². The van der Waals surface area contributed by atoms with E-state index in [0.29, 0.717) is 43.3 Å². The van der Waals surface area contributed by atoms with Gasteiger partial charge in [0.2, 0.25) is 0 Å². The number of hydrogen-bond acceptors (Lipinski definition) is 7. The zero-order chi connectivity index (χ0) is 24.5. The fourth-order valence-electron chi connectivity index (χ4n) is 3.73. The maximum atomic E-state index is 13.1. The monoisotopic (exact) mass is 471 g/mol. The molecule has 1 aliphatic rings. The highest BCUT2D eigenvalue weighted by Gasteiger charge is 2.34. The fourth-order valence-corrected chi connectivity index (χ4v) is 3.73. The summed E-state index contributed by atoms with van der Waals surface area (Å²) in [5.74, 6) is 0.999. The molecule has 0 spiro atoms. The lowest BCUT2D eigenvalue weighted by molar-refractivity contribution is -0.139. The van der Waals surface area contributed by atoms with Crippen LogP contribution in [-0.2, 0) is 20.8 Å². The van der Waals surface area contributed by atoms with Gasteiger partial charge in [-0.3, -0.25) is 4.90 Å². The zero-order valence-corrected chi connectivity index (χ0v) is 20.1. The SMILES string of the molecule is CCOC(=O)C1=C(CN(CCOC)Cc2ccco2)NC(=O)NC1c1ccc(OC(C)C)cc1. The lowest BCUT2D eigenvalue weighted by Gasteiger charge is -2.32. The number of methoxy groups -OCH3 is 1. The summed E-state index contributed by atoms with van der Waals surface area (Å²) in [5, 5.41) is 5.68. The van der Waals surface area contributed by atoms with Crippen molar-refractivity contribution in [1.29, 1.82) is 0 Å². The Morgan fingerprint density at radius 2 is 1.94 bits per heavy atom. The molecular weight excluding hydrogens is 438 g/mol. The summed E-state index contributed by atoms with van der Waals surface area (Å²) in [7, 11) is 1.63. The van der Waals surface area contributed by atoms with Crippen LogP contribution in [0.2, 0.25) is 0 Å². The molecule has 1 aliphatic heterocycles. The first-order chi connectivity index (χ1) is 16.4. The van der Waals surface area contributed by atoms with Crippen molar-refractivity contribution in [3.05, 3.63) is 65.3 Å². The van der Waals surface area contributed by atoms with Crippen molar-refractivity contribution in [2.24, 2.45) is 0 Å². The van der Waals surface area contributed by atoms with Crippen LogP contribution in [0.3, 0.4) is 0 Å². The number of carbonyl (C=O) groups excluding carboxylic acids is 2. The van der Waals surface area contributed by atoms with Crippen LogP contribution in [0.25, 0.3) is 0 Å². The topological polar surface area (TPSA) is 102 Å². The largest absolute Gasteiger partial charge is 0.491 e. The Morgan fingerprint density at radius 3 is 2.56 bits per heavy atom. The molecule has 34 heavy (non-hydrogen) atoms. The Kier molecular flexibility index (Phi) is 9.12. The van der Waals surface area contributed by atoms with Gasteiger partial charge in [-0.2, -0.15) is 0 Å². The summed E-state index contributed by atoms with van der Waals surface area (Å²) >= 11 is 0. The number of esters is 1. The van der Waals surface area contributed by atoms with Crippen molar-refractivity contribution in [1.82, 2.24) is 15.5 Å². The van der Waals surface area contributed by atoms with E-state index in [1.54, 1.807) is 20.3 Å². The first kappa shape index (κ1) is 25.3. The van der Waals surface area contributed by atoms with E-state index in [9.17, 15) is 9.59 Å². The highest BCUT2D eigenvalue weighted by atomic mass is 16.5. The Bertz CT molecular complexity index is 969. The van der Waals surface area contributed by atoms with Crippen LogP contribution in [0.4, 0.5) is 4.79 Å². The molecule has 3 rings (SSSR count). The Hall–Kier alpha value is -3.30. The summed E-state index contributed by atoms with van der Waals surface area (Å²) in [6, 6.07) is 9.99. The Morgan fingerprint density at radius 1 is 1.18 bits per heavy atom. The van der Waals surface area contributed by atoms with Crippen LogP contribution in [-0.4, -0.2) is 56.4 Å². The molecule has 1 aromatic heterocycles. The van der Waals surface area contributed by atoms with Crippen LogP contribution in [0, 0.1) is 0 Å². The number of ether oxygens (including phenoxy) is 3. The average molecular weight is 472 g/mol. The molecule has 2 N–H and O–H groups in total. The second kappa shape index (κ2) is 12.2. The van der Waals surface area contributed by atoms with Crippen LogP contribution in [0.5, 0.6) is 5.75 Å². The lowest BCUT2D eigenvalue weighted by atomic mass is 9.95. The third kappa shape index (κ3) is 6.85. The molecule has 0 saturated heterocycles. The molecule has 1 aromatic carbocycles. The minimum absolute atomic E-state index is 0.0401. The van der Waals surface area contributed by atoms with Crippen molar-refractivity contribution in [2.45, 2.75) is 39.5 Å². The Balaban J connectivity index is 1.95. The second-order valence-electron chi connectivity index (χ2n) is 8.16. The first-order valence-electron chi connectivity index (χ1n) is 11.4. The number of nitrogens with zero attached hydrogens (tertiary/aromatic N) is 1. The summed E-state index contributed by atoms with van der Waals surface area (Å²) in [5.41, 5.74) is 1.60. The van der Waals surface area contributed by atoms with E-state index < -0.39 is 12.0 Å². The van der Waals surface area contributed by atoms with Crippen molar-refractivity contribution in [3.63, 3.8) is 0 Å². The van der Waals surface area contributed by atoms with Gasteiger partial charge >= 0.3 is 12.0 Å². The van der Waals surface area contributed by atoms with E-state index >= 15 is 0 Å². The predicted octanol–water partition coefficient (Wildman–Crippen LogP) is 3.39. The second-order valence-corrected chi connectivity index (χ2v) is 8.16. The van der Waals surface area contributed by atoms with Gasteiger partial charge < -0.3 is 29.3 Å². The summed E-state index contributed by atoms with van der Waals surface area (Å²) in [4.78, 5) is 27.7. The molecule has 2 heterocycles. The van der Waals surface area contributed by atoms with Crippen molar-refractivity contribution in [2.75, 3.05) is 33.4 Å². The van der Waals surface area contributed by atoms with Crippen molar-refractivity contribution >= 4 is 12.0 Å². The maximum absolute atomic E-state index is 13.1. The van der Waals surface area contributed by atoms with Gasteiger partial charge in [0.05, 0.1) is 43.7 Å². The Labute approximate surface area is 200 Å². The van der Waals surface area contributed by atoms with Gasteiger partial charge in [0.1, 0.15) is 11.5 Å². The van der Waals surface area contributed by atoms with Crippen LogP contribution >= 0.6 is 0 Å². The van der Waals surface area contributed by atoms with Crippen LogP contribution in [0.15, 0.2) is 58.3 Å². The number of nitrogens with one attached hydrogen (secondary N) is 2. The molecule has 1 atom stereocenters. The summed E-state index contributed by atoms with van der Waals surface area (Å²) < 4.78 is 21.8. The zero-order valence-electron chi connectivity index (χ0n) is 20.1. The minimum Gasteiger partial charge on any atom is -0.491 e. The number of carbonyl (C=O) groups is 2. The third-order valence-corrected chi connectivity index (χ3v) is 5.19. The molecule has 0 radical (unpaired) electrons. The molecule has 0 aliphatic carbocycles. The van der Waals surface area contributed by atoms with E-state index in [2.05, 4.69) is 10.6 Å². The molecule has 0 bridgehead atoms. The summed E-state index contributed by atoms with van der Waals surface area (Å²) in [6.45, 7) is 7.72. The molecule has 0 saturated carbocycles. The highest BCUT2D eigenvalue weighted by molar-refractivity contribution is 5.95. The fraction of sp³-hybridized carbons (Fsp3) is 0.440. The molecule has 184 valence electrons. The average Bonchev–Trinajstić information content (AvgIpc) is 3.30. The number of benzene rings is 1. The number of hydrogen-bond donors (Lipinski definition) is 2. The normalized spacial score (nSPS) is 15.9. The maximum Gasteiger partial charge on any atom is 0.338 e. The molecule has 9 nitrogen and oxygen atoms in total. The van der Waals surface area contributed by atoms with Gasteiger partial charge in [-0.05, 0) is 50.6 Å². The van der Waals surface area contributed by atoms with Gasteiger partial charge in [-0.1, -0.05) is 12.1 Å². The molecule has 0 fully saturated rings. The van der Waals surface area contributed by atoms with E-state index in [1.165, 1.54) is 0 Å². The third-order valence-electron chi connectivity index (χ3n) is 5.19. The smallest absolute Gasteiger partial charge is 0.338 e. The van der Waals surface area contributed by atoms with E-state index in [0.717, 1.165) is 11.3 Å². The van der Waals surface area contributed by atoms with Gasteiger partial charge in [-0.25, -0.2) is 9.59 Å². The number of furan rings is 1. The van der Waals surface area contributed by atoms with Gasteiger partial charge in [0, 0.05) is 25.9 Å². The number of urea groups is 1. The van der Waals surface area contributed by atoms with Gasteiger partial charge in [0.25, 0.3) is 0 Å². The van der Waals surface area contributed by atoms with Crippen molar-refractivity contribution in [3.8, 4) is 5.75 Å². The standard InChI is InChI=1S/C25H33N3O6/c1-5-32-24(29)22-21(16-28(12-14-31-4)15-20-7-6-13-33-20)26-25(30)27-23(22)18-8-10-19(11-9-18)34-17(2)3/h6-11,13,17,23H,5,12,14-16H2,1-4H3,(H2,26,27,30). The van der Waals surface area contributed by atoms with E-state index in [4.69, 9.17) is 18.6 Å². The quantitative estimate of drug-likeness (QED) is 0.458. The highest BCUT2D eigenvalue weighted by Crippen LogP contribution is 2.30. The summed E-state index contributed by atoms with van der Waals surface area (Å²) in [6.07, 6.45) is 1.65. The molecular formula is C25H33N3O6. The van der Waals surface area contributed by atoms with Gasteiger partial charge in [0.15, 0.2) is 0 Å².